The molecule has 0 heterocycles. The van der Waals surface area contributed by atoms with Gasteiger partial charge in [0.25, 0.3) is 0 Å². The van der Waals surface area contributed by atoms with Crippen molar-refractivity contribution in [1.82, 2.24) is 0 Å². The van der Waals surface area contributed by atoms with Crippen LogP contribution in [0.1, 0.15) is 48.9 Å². The Morgan fingerprint density at radius 1 is 1.00 bits per heavy atom. The summed E-state index contributed by atoms with van der Waals surface area (Å²) in [5.41, 5.74) is 0.560. The molecule has 0 amide bonds. The molecule has 1 nitrogen and oxygen atoms in total. The average Bonchev–Trinajstić information content (AvgIpc) is 2.36. The van der Waals surface area contributed by atoms with Crippen molar-refractivity contribution in [2.24, 2.45) is 23.2 Å². The van der Waals surface area contributed by atoms with E-state index < -0.39 is 0 Å². The quantitative estimate of drug-likeness (QED) is 0.669. The number of benzene rings is 1. The normalized spacial score (nSPS) is 38.2. The van der Waals surface area contributed by atoms with Crippen LogP contribution < -0.4 is 0 Å². The molecule has 4 aliphatic rings. The summed E-state index contributed by atoms with van der Waals surface area (Å²) in [7, 11) is 0. The number of hydrogen-bond acceptors (Lipinski definition) is 1. The van der Waals surface area contributed by atoms with Crippen LogP contribution >= 0.6 is 23.2 Å². The van der Waals surface area contributed by atoms with E-state index >= 15 is 0 Å². The first-order valence-electron chi connectivity index (χ1n) is 7.56. The SMILES string of the molecule is O=C(c1ccc(Cl)cc1Cl)C12CC3CC(CC(C3)C1)C2. The Morgan fingerprint density at radius 3 is 2.05 bits per heavy atom. The molecule has 4 bridgehead atoms. The molecular formula is C17H18Cl2O. The first-order valence-corrected chi connectivity index (χ1v) is 8.31. The minimum Gasteiger partial charge on any atom is -0.294 e. The molecular weight excluding hydrogens is 291 g/mol. The van der Waals surface area contributed by atoms with Crippen LogP contribution in [0.2, 0.25) is 10.0 Å². The van der Waals surface area contributed by atoms with Crippen molar-refractivity contribution in [3.05, 3.63) is 33.8 Å². The second kappa shape index (κ2) is 4.48. The molecule has 0 aromatic heterocycles. The van der Waals surface area contributed by atoms with Crippen molar-refractivity contribution in [2.75, 3.05) is 0 Å². The molecule has 5 rings (SSSR count). The summed E-state index contributed by atoms with van der Waals surface area (Å²) < 4.78 is 0. The molecule has 106 valence electrons. The third-order valence-electron chi connectivity index (χ3n) is 5.70. The lowest BCUT2D eigenvalue weighted by molar-refractivity contribution is -0.0353. The molecule has 0 saturated heterocycles. The Hall–Kier alpha value is -0.530. The van der Waals surface area contributed by atoms with Crippen molar-refractivity contribution < 1.29 is 4.79 Å². The van der Waals surface area contributed by atoms with E-state index in [-0.39, 0.29) is 11.2 Å². The lowest BCUT2D eigenvalue weighted by Crippen LogP contribution is -2.50. The largest absolute Gasteiger partial charge is 0.294 e. The number of carbonyl (C=O) groups is 1. The maximum absolute atomic E-state index is 13.1. The van der Waals surface area contributed by atoms with Crippen LogP contribution in [0, 0.1) is 23.2 Å². The molecule has 4 fully saturated rings. The molecule has 20 heavy (non-hydrogen) atoms. The van der Waals surface area contributed by atoms with Gasteiger partial charge in [-0.15, -0.1) is 0 Å². The fourth-order valence-electron chi connectivity index (χ4n) is 5.35. The summed E-state index contributed by atoms with van der Waals surface area (Å²) >= 11 is 12.2. The molecule has 0 unspecified atom stereocenters. The molecule has 0 aliphatic heterocycles. The first-order chi connectivity index (χ1) is 9.56. The highest BCUT2D eigenvalue weighted by Gasteiger charge is 2.54. The lowest BCUT2D eigenvalue weighted by atomic mass is 9.48. The van der Waals surface area contributed by atoms with Crippen LogP contribution in [0.5, 0.6) is 0 Å². The van der Waals surface area contributed by atoms with Gasteiger partial charge in [0.1, 0.15) is 0 Å². The highest BCUT2D eigenvalue weighted by Crippen LogP contribution is 2.61. The Bertz CT molecular complexity index is 543. The van der Waals surface area contributed by atoms with Gasteiger partial charge in [0.15, 0.2) is 5.78 Å². The van der Waals surface area contributed by atoms with E-state index in [9.17, 15) is 4.79 Å². The van der Waals surface area contributed by atoms with Gasteiger partial charge in [0.2, 0.25) is 0 Å². The molecule has 0 spiro atoms. The molecule has 3 heteroatoms. The van der Waals surface area contributed by atoms with Gasteiger partial charge in [0.05, 0.1) is 5.02 Å². The summed E-state index contributed by atoms with van der Waals surface area (Å²) in [5, 5.41) is 1.11. The fourth-order valence-corrected chi connectivity index (χ4v) is 5.84. The maximum atomic E-state index is 13.1. The monoisotopic (exact) mass is 308 g/mol. The number of carbonyl (C=O) groups excluding carboxylic acids is 1. The highest BCUT2D eigenvalue weighted by atomic mass is 35.5. The number of halogens is 2. The van der Waals surface area contributed by atoms with E-state index in [2.05, 4.69) is 0 Å². The number of hydrogen-bond donors (Lipinski definition) is 0. The number of ketones is 1. The van der Waals surface area contributed by atoms with Gasteiger partial charge in [-0.05, 0) is 74.5 Å². The van der Waals surface area contributed by atoms with Gasteiger partial charge in [-0.25, -0.2) is 0 Å². The highest BCUT2D eigenvalue weighted by molar-refractivity contribution is 6.37. The second-order valence-electron chi connectivity index (χ2n) is 7.15. The number of Topliss-reactive ketones (excluding diaryl/α,β-unsaturated/α-hetero) is 1. The van der Waals surface area contributed by atoms with Crippen LogP contribution in [0.4, 0.5) is 0 Å². The van der Waals surface area contributed by atoms with E-state index in [4.69, 9.17) is 23.2 Å². The Balaban J connectivity index is 1.71. The minimum atomic E-state index is -0.119. The summed E-state index contributed by atoms with van der Waals surface area (Å²) in [5.74, 6) is 2.60. The minimum absolute atomic E-state index is 0.119. The van der Waals surface area contributed by atoms with Crippen LogP contribution in [0.15, 0.2) is 18.2 Å². The van der Waals surface area contributed by atoms with Crippen LogP contribution in [0.3, 0.4) is 0 Å². The zero-order chi connectivity index (χ0) is 13.9. The van der Waals surface area contributed by atoms with E-state index in [1.807, 2.05) is 6.07 Å². The molecule has 1 aromatic rings. The number of rotatable bonds is 2. The molecule has 1 aromatic carbocycles. The van der Waals surface area contributed by atoms with Gasteiger partial charge < -0.3 is 0 Å². The van der Waals surface area contributed by atoms with Crippen LogP contribution in [-0.2, 0) is 0 Å². The van der Waals surface area contributed by atoms with Crippen LogP contribution in [0.25, 0.3) is 0 Å². The van der Waals surface area contributed by atoms with Gasteiger partial charge in [0, 0.05) is 16.0 Å². The van der Waals surface area contributed by atoms with Gasteiger partial charge in [-0.1, -0.05) is 23.2 Å². The third-order valence-corrected chi connectivity index (χ3v) is 6.24. The van der Waals surface area contributed by atoms with Crippen molar-refractivity contribution >= 4 is 29.0 Å². The fraction of sp³-hybridized carbons (Fsp3) is 0.588. The average molecular weight is 309 g/mol. The van der Waals surface area contributed by atoms with Gasteiger partial charge >= 0.3 is 0 Å². The summed E-state index contributed by atoms with van der Waals surface area (Å²) in [4.78, 5) is 13.1. The zero-order valence-corrected chi connectivity index (χ0v) is 12.9. The van der Waals surface area contributed by atoms with Crippen molar-refractivity contribution in [3.8, 4) is 0 Å². The molecule has 4 saturated carbocycles. The standard InChI is InChI=1S/C17H18Cl2O/c18-13-1-2-14(15(19)6-13)16(20)17-7-10-3-11(8-17)5-12(4-10)9-17/h1-2,6,10-12H,3-5,7-9H2. The Morgan fingerprint density at radius 2 is 1.55 bits per heavy atom. The molecule has 0 radical (unpaired) electrons. The van der Waals surface area contributed by atoms with Crippen molar-refractivity contribution in [3.63, 3.8) is 0 Å². The smallest absolute Gasteiger partial charge is 0.170 e. The summed E-state index contributed by atoms with van der Waals surface area (Å²) in [6.07, 6.45) is 7.28. The first kappa shape index (κ1) is 13.2. The third kappa shape index (κ3) is 1.94. The molecule has 4 aliphatic carbocycles. The molecule has 0 atom stereocenters. The van der Waals surface area contributed by atoms with Crippen molar-refractivity contribution in [2.45, 2.75) is 38.5 Å². The van der Waals surface area contributed by atoms with E-state index in [1.165, 1.54) is 19.3 Å². The van der Waals surface area contributed by atoms with Crippen molar-refractivity contribution in [1.29, 1.82) is 0 Å². The second-order valence-corrected chi connectivity index (χ2v) is 7.99. The van der Waals surface area contributed by atoms with Crippen LogP contribution in [-0.4, -0.2) is 5.78 Å². The molecule has 0 N–H and O–H groups in total. The van der Waals surface area contributed by atoms with E-state index in [0.29, 0.717) is 15.6 Å². The summed E-state index contributed by atoms with van der Waals surface area (Å²) in [6.45, 7) is 0. The predicted octanol–water partition coefficient (Wildman–Crippen LogP) is 5.39. The Labute approximate surface area is 129 Å². The lowest BCUT2D eigenvalue weighted by Gasteiger charge is -2.56. The zero-order valence-electron chi connectivity index (χ0n) is 11.4. The topological polar surface area (TPSA) is 17.1 Å². The predicted molar refractivity (Wildman–Crippen MR) is 81.4 cm³/mol. The Kier molecular flexibility index (Phi) is 2.95. The van der Waals surface area contributed by atoms with E-state index in [1.54, 1.807) is 12.1 Å². The van der Waals surface area contributed by atoms with E-state index in [0.717, 1.165) is 37.0 Å². The summed E-state index contributed by atoms with van der Waals surface area (Å²) in [6, 6.07) is 5.28. The van der Waals surface area contributed by atoms with Gasteiger partial charge in [-0.2, -0.15) is 0 Å². The maximum Gasteiger partial charge on any atom is 0.170 e. The van der Waals surface area contributed by atoms with Gasteiger partial charge in [-0.3, -0.25) is 4.79 Å².